The summed E-state index contributed by atoms with van der Waals surface area (Å²) in [7, 11) is 0. The summed E-state index contributed by atoms with van der Waals surface area (Å²) in [6, 6.07) is 17.5. The Morgan fingerprint density at radius 3 is 2.56 bits per heavy atom. The Morgan fingerprint density at radius 1 is 1.04 bits per heavy atom. The Labute approximate surface area is 158 Å². The maximum absolute atomic E-state index is 12.8. The van der Waals surface area contributed by atoms with Crippen molar-refractivity contribution in [3.8, 4) is 0 Å². The van der Waals surface area contributed by atoms with Crippen molar-refractivity contribution in [1.29, 1.82) is 0 Å². The number of amides is 1. The van der Waals surface area contributed by atoms with E-state index in [4.69, 9.17) is 0 Å². The third-order valence-corrected chi connectivity index (χ3v) is 4.48. The van der Waals surface area contributed by atoms with E-state index in [1.165, 1.54) is 0 Å². The average Bonchev–Trinajstić information content (AvgIpc) is 2.69. The summed E-state index contributed by atoms with van der Waals surface area (Å²) in [6.07, 6.45) is 4.85. The van der Waals surface area contributed by atoms with E-state index in [1.54, 1.807) is 23.9 Å². The van der Waals surface area contributed by atoms with Gasteiger partial charge in [-0.3, -0.25) is 14.6 Å². The molecule has 0 saturated heterocycles. The van der Waals surface area contributed by atoms with E-state index in [0.717, 1.165) is 17.7 Å². The zero-order chi connectivity index (χ0) is 19.1. The maximum Gasteiger partial charge on any atom is 0.263 e. The molecular weight excluding hydrogens is 338 g/mol. The smallest absolute Gasteiger partial charge is 0.263 e. The van der Waals surface area contributed by atoms with Gasteiger partial charge in [0.15, 0.2) is 0 Å². The van der Waals surface area contributed by atoms with Crippen LogP contribution < -0.4 is 10.9 Å². The van der Waals surface area contributed by atoms with Gasteiger partial charge in [-0.15, -0.1) is 0 Å². The van der Waals surface area contributed by atoms with Gasteiger partial charge in [-0.1, -0.05) is 36.4 Å². The fraction of sp³-hybridized carbons (Fsp3) is 0.227. The molecule has 27 heavy (non-hydrogen) atoms. The molecule has 0 saturated carbocycles. The van der Waals surface area contributed by atoms with Crippen LogP contribution in [0.25, 0.3) is 0 Å². The predicted molar refractivity (Wildman–Crippen MR) is 106 cm³/mol. The van der Waals surface area contributed by atoms with Crippen LogP contribution in [0.2, 0.25) is 0 Å². The van der Waals surface area contributed by atoms with Crippen molar-refractivity contribution in [2.24, 2.45) is 0 Å². The lowest BCUT2D eigenvalue weighted by Crippen LogP contribution is -2.35. The molecular formula is C22H23N3O2. The molecule has 5 nitrogen and oxygen atoms in total. The molecule has 2 heterocycles. The number of hydrogen-bond donors (Lipinski definition) is 1. The summed E-state index contributed by atoms with van der Waals surface area (Å²) in [4.78, 5) is 29.6. The van der Waals surface area contributed by atoms with Gasteiger partial charge >= 0.3 is 0 Å². The van der Waals surface area contributed by atoms with Crippen molar-refractivity contribution < 1.29 is 4.79 Å². The number of pyridine rings is 2. The quantitative estimate of drug-likeness (QED) is 0.704. The second-order valence-corrected chi connectivity index (χ2v) is 6.43. The summed E-state index contributed by atoms with van der Waals surface area (Å²) >= 11 is 0. The minimum absolute atomic E-state index is 0.214. The Bertz CT molecular complexity index is 950. The number of carbonyl (C=O) groups excluding carboxylic acids is 1. The SMILES string of the molecule is Cc1ccn(CCc2ccccc2)c(=O)c1C(=O)NCCc1ccccn1. The number of aryl methyl sites for hydroxylation is 3. The molecule has 3 aromatic rings. The van der Waals surface area contributed by atoms with E-state index in [9.17, 15) is 9.59 Å². The third-order valence-electron chi connectivity index (χ3n) is 4.48. The lowest BCUT2D eigenvalue weighted by Gasteiger charge is -2.11. The Balaban J connectivity index is 1.67. The highest BCUT2D eigenvalue weighted by Gasteiger charge is 2.15. The number of benzene rings is 1. The van der Waals surface area contributed by atoms with Crippen molar-refractivity contribution in [3.63, 3.8) is 0 Å². The first-order valence-corrected chi connectivity index (χ1v) is 9.07. The third kappa shape index (κ3) is 4.91. The van der Waals surface area contributed by atoms with Gasteiger partial charge in [-0.2, -0.15) is 0 Å². The molecule has 0 radical (unpaired) electrons. The molecule has 0 unspecified atom stereocenters. The lowest BCUT2D eigenvalue weighted by molar-refractivity contribution is 0.0951. The van der Waals surface area contributed by atoms with Crippen LogP contribution in [-0.2, 0) is 19.4 Å². The van der Waals surface area contributed by atoms with Gasteiger partial charge in [0.2, 0.25) is 0 Å². The standard InChI is InChI=1S/C22H23N3O2/c1-17-11-15-25(16-12-18-7-3-2-4-8-18)22(27)20(17)21(26)24-14-10-19-9-5-6-13-23-19/h2-9,11,13,15H,10,12,14,16H2,1H3,(H,24,26). The van der Waals surface area contributed by atoms with E-state index in [0.29, 0.717) is 25.1 Å². The Hall–Kier alpha value is -3.21. The van der Waals surface area contributed by atoms with Gasteiger partial charge in [0, 0.05) is 37.6 Å². The zero-order valence-corrected chi connectivity index (χ0v) is 15.4. The highest BCUT2D eigenvalue weighted by atomic mass is 16.2. The summed E-state index contributed by atoms with van der Waals surface area (Å²) in [5, 5.41) is 2.84. The first-order chi connectivity index (χ1) is 13.1. The number of nitrogens with zero attached hydrogens (tertiary/aromatic N) is 2. The molecule has 3 rings (SSSR count). The molecule has 5 heteroatoms. The monoisotopic (exact) mass is 361 g/mol. The summed E-state index contributed by atoms with van der Waals surface area (Å²) in [5.41, 5.74) is 2.72. The van der Waals surface area contributed by atoms with Crippen molar-refractivity contribution in [2.45, 2.75) is 26.3 Å². The minimum atomic E-state index is -0.331. The van der Waals surface area contributed by atoms with Crippen LogP contribution in [0.4, 0.5) is 0 Å². The number of nitrogens with one attached hydrogen (secondary N) is 1. The zero-order valence-electron chi connectivity index (χ0n) is 15.4. The van der Waals surface area contributed by atoms with E-state index in [-0.39, 0.29) is 17.0 Å². The van der Waals surface area contributed by atoms with Gasteiger partial charge in [-0.25, -0.2) is 0 Å². The largest absolute Gasteiger partial charge is 0.351 e. The van der Waals surface area contributed by atoms with Crippen LogP contribution in [-0.4, -0.2) is 22.0 Å². The fourth-order valence-electron chi connectivity index (χ4n) is 2.95. The maximum atomic E-state index is 12.8. The summed E-state index contributed by atoms with van der Waals surface area (Å²) in [5.74, 6) is -0.331. The Kier molecular flexibility index (Phi) is 6.15. The highest BCUT2D eigenvalue weighted by Crippen LogP contribution is 2.05. The van der Waals surface area contributed by atoms with Crippen LogP contribution in [0.15, 0.2) is 71.8 Å². The lowest BCUT2D eigenvalue weighted by atomic mass is 10.1. The molecule has 0 aliphatic rings. The number of carbonyl (C=O) groups is 1. The van der Waals surface area contributed by atoms with Crippen molar-refractivity contribution in [2.75, 3.05) is 6.54 Å². The van der Waals surface area contributed by atoms with Gasteiger partial charge in [0.05, 0.1) is 0 Å². The average molecular weight is 361 g/mol. The molecule has 1 aromatic carbocycles. The van der Waals surface area contributed by atoms with Crippen LogP contribution in [0.3, 0.4) is 0 Å². The fourth-order valence-corrected chi connectivity index (χ4v) is 2.95. The van der Waals surface area contributed by atoms with Crippen LogP contribution >= 0.6 is 0 Å². The highest BCUT2D eigenvalue weighted by molar-refractivity contribution is 5.95. The molecule has 0 atom stereocenters. The van der Waals surface area contributed by atoms with Crippen molar-refractivity contribution >= 4 is 5.91 Å². The van der Waals surface area contributed by atoms with E-state index >= 15 is 0 Å². The second kappa shape index (κ2) is 8.94. The van der Waals surface area contributed by atoms with Gasteiger partial charge in [-0.05, 0) is 42.7 Å². The first-order valence-electron chi connectivity index (χ1n) is 9.07. The van der Waals surface area contributed by atoms with Crippen LogP contribution in [0.5, 0.6) is 0 Å². The molecule has 2 aromatic heterocycles. The number of hydrogen-bond acceptors (Lipinski definition) is 3. The normalized spacial score (nSPS) is 10.6. The molecule has 0 aliphatic heterocycles. The molecule has 1 amide bonds. The topological polar surface area (TPSA) is 64.0 Å². The van der Waals surface area contributed by atoms with Gasteiger partial charge < -0.3 is 9.88 Å². The van der Waals surface area contributed by atoms with Crippen molar-refractivity contribution in [3.05, 3.63) is 99.7 Å². The van der Waals surface area contributed by atoms with E-state index in [2.05, 4.69) is 10.3 Å². The van der Waals surface area contributed by atoms with E-state index in [1.807, 2.05) is 54.6 Å². The second-order valence-electron chi connectivity index (χ2n) is 6.43. The molecule has 0 bridgehead atoms. The van der Waals surface area contributed by atoms with Crippen LogP contribution in [0.1, 0.15) is 27.2 Å². The molecule has 138 valence electrons. The summed E-state index contributed by atoms with van der Waals surface area (Å²) < 4.78 is 1.60. The molecule has 0 fully saturated rings. The Morgan fingerprint density at radius 2 is 1.81 bits per heavy atom. The first kappa shape index (κ1) is 18.6. The van der Waals surface area contributed by atoms with Gasteiger partial charge in [0.25, 0.3) is 11.5 Å². The molecule has 0 aliphatic carbocycles. The number of rotatable bonds is 7. The van der Waals surface area contributed by atoms with Crippen LogP contribution in [0, 0.1) is 6.92 Å². The summed E-state index contributed by atoms with van der Waals surface area (Å²) in [6.45, 7) is 2.77. The molecule has 0 spiro atoms. The van der Waals surface area contributed by atoms with E-state index < -0.39 is 0 Å². The number of aromatic nitrogens is 2. The molecule has 1 N–H and O–H groups in total. The minimum Gasteiger partial charge on any atom is -0.351 e. The predicted octanol–water partition coefficient (Wildman–Crippen LogP) is 2.77. The van der Waals surface area contributed by atoms with Crippen molar-refractivity contribution in [1.82, 2.24) is 14.9 Å². The van der Waals surface area contributed by atoms with Gasteiger partial charge in [0.1, 0.15) is 5.56 Å².